The van der Waals surface area contributed by atoms with Crippen LogP contribution >= 0.6 is 0 Å². The van der Waals surface area contributed by atoms with Crippen molar-refractivity contribution in [3.63, 3.8) is 0 Å². The van der Waals surface area contributed by atoms with Gasteiger partial charge in [0.1, 0.15) is 11.6 Å². The number of benzene rings is 3. The molecule has 1 amide bonds. The van der Waals surface area contributed by atoms with Gasteiger partial charge in [0.25, 0.3) is 0 Å². The number of carbonyl (C=O) groups excluding carboxylic acids is 2. The number of amides is 1. The minimum absolute atomic E-state index is 0.0122. The zero-order chi connectivity index (χ0) is 26.8. The van der Waals surface area contributed by atoms with Crippen LogP contribution in [-0.4, -0.2) is 35.5 Å². The number of nitrogens with one attached hydrogen (secondary N) is 2. The standard InChI is InChI=1S/C30H34F2N2O3/c1-3-21-5-4-6-22(13-21)18-33-19-29(36)27(16-23-14-25(31)17-26(32)15-23)34-30(37)12-11-28(35)24-9-7-20(2)8-10-24/h4-10,13-15,17,27,29,33,36H,3,11-12,16,18-19H2,1-2H3,(H,34,37)/t27-,29+/m0/s1. The van der Waals surface area contributed by atoms with Crippen molar-refractivity contribution in [3.05, 3.63) is 106 Å². The second-order valence-electron chi connectivity index (χ2n) is 9.32. The number of carbonyl (C=O) groups is 2. The van der Waals surface area contributed by atoms with Gasteiger partial charge in [-0.3, -0.25) is 9.59 Å². The van der Waals surface area contributed by atoms with Crippen LogP contribution in [0.25, 0.3) is 0 Å². The number of Topliss-reactive ketones (excluding diaryl/α,β-unsaturated/α-hetero) is 1. The third kappa shape index (κ3) is 9.19. The molecule has 0 aliphatic rings. The molecule has 0 radical (unpaired) electrons. The van der Waals surface area contributed by atoms with Gasteiger partial charge in [-0.1, -0.05) is 61.0 Å². The maximum Gasteiger partial charge on any atom is 0.220 e. The number of rotatable bonds is 13. The summed E-state index contributed by atoms with van der Waals surface area (Å²) in [6, 6.07) is 17.5. The van der Waals surface area contributed by atoms with Gasteiger partial charge in [0.15, 0.2) is 5.78 Å². The van der Waals surface area contributed by atoms with Crippen molar-refractivity contribution >= 4 is 11.7 Å². The summed E-state index contributed by atoms with van der Waals surface area (Å²) in [5, 5.41) is 16.8. The molecule has 3 rings (SSSR count). The zero-order valence-electron chi connectivity index (χ0n) is 21.3. The van der Waals surface area contributed by atoms with Gasteiger partial charge in [0.05, 0.1) is 12.1 Å². The molecular formula is C30H34F2N2O3. The van der Waals surface area contributed by atoms with Crippen LogP contribution < -0.4 is 10.6 Å². The number of hydrogen-bond acceptors (Lipinski definition) is 4. The number of ketones is 1. The van der Waals surface area contributed by atoms with Crippen LogP contribution in [0.2, 0.25) is 0 Å². The fourth-order valence-electron chi connectivity index (χ4n) is 4.12. The van der Waals surface area contributed by atoms with Gasteiger partial charge in [-0.05, 0) is 48.6 Å². The lowest BCUT2D eigenvalue weighted by Gasteiger charge is -2.25. The van der Waals surface area contributed by atoms with Gasteiger partial charge in [-0.15, -0.1) is 0 Å². The van der Waals surface area contributed by atoms with E-state index < -0.39 is 29.7 Å². The van der Waals surface area contributed by atoms with Crippen LogP contribution in [0, 0.1) is 18.6 Å². The molecule has 0 heterocycles. The molecule has 0 saturated carbocycles. The number of aryl methyl sites for hydroxylation is 2. The van der Waals surface area contributed by atoms with E-state index in [9.17, 15) is 23.5 Å². The number of halogens is 2. The van der Waals surface area contributed by atoms with Gasteiger partial charge in [0.2, 0.25) is 5.91 Å². The number of aliphatic hydroxyl groups is 1. The first-order chi connectivity index (χ1) is 17.7. The monoisotopic (exact) mass is 508 g/mol. The van der Waals surface area contributed by atoms with Crippen LogP contribution in [0.5, 0.6) is 0 Å². The summed E-state index contributed by atoms with van der Waals surface area (Å²) < 4.78 is 27.5. The summed E-state index contributed by atoms with van der Waals surface area (Å²) >= 11 is 0. The van der Waals surface area contributed by atoms with Crippen LogP contribution in [0.15, 0.2) is 66.7 Å². The Kier molecular flexibility index (Phi) is 10.5. The van der Waals surface area contributed by atoms with E-state index in [0.717, 1.165) is 23.6 Å². The van der Waals surface area contributed by atoms with E-state index in [2.05, 4.69) is 23.6 Å². The molecule has 37 heavy (non-hydrogen) atoms. The minimum Gasteiger partial charge on any atom is -0.390 e. The molecule has 0 unspecified atom stereocenters. The van der Waals surface area contributed by atoms with Crippen LogP contribution in [0.1, 0.15) is 52.4 Å². The molecule has 0 bridgehead atoms. The second-order valence-corrected chi connectivity index (χ2v) is 9.32. The third-order valence-corrected chi connectivity index (χ3v) is 6.22. The maximum atomic E-state index is 13.8. The molecule has 5 nitrogen and oxygen atoms in total. The van der Waals surface area contributed by atoms with E-state index in [0.29, 0.717) is 17.7 Å². The highest BCUT2D eigenvalue weighted by Crippen LogP contribution is 2.13. The van der Waals surface area contributed by atoms with Crippen molar-refractivity contribution in [1.82, 2.24) is 10.6 Å². The first-order valence-electron chi connectivity index (χ1n) is 12.5. The van der Waals surface area contributed by atoms with E-state index in [-0.39, 0.29) is 31.6 Å². The summed E-state index contributed by atoms with van der Waals surface area (Å²) in [6.07, 6.45) is -0.137. The lowest BCUT2D eigenvalue weighted by Crippen LogP contribution is -2.48. The summed E-state index contributed by atoms with van der Waals surface area (Å²) in [6.45, 7) is 4.68. The van der Waals surface area contributed by atoms with Crippen molar-refractivity contribution in [2.24, 2.45) is 0 Å². The normalized spacial score (nSPS) is 12.7. The number of hydrogen-bond donors (Lipinski definition) is 3. The van der Waals surface area contributed by atoms with E-state index >= 15 is 0 Å². The van der Waals surface area contributed by atoms with Crippen molar-refractivity contribution in [2.45, 2.75) is 58.2 Å². The van der Waals surface area contributed by atoms with E-state index in [1.165, 1.54) is 17.7 Å². The van der Waals surface area contributed by atoms with Gasteiger partial charge >= 0.3 is 0 Å². The zero-order valence-corrected chi connectivity index (χ0v) is 21.3. The minimum atomic E-state index is -1.03. The van der Waals surface area contributed by atoms with Crippen molar-refractivity contribution in [2.75, 3.05) is 6.54 Å². The maximum absolute atomic E-state index is 13.8. The molecule has 0 aliphatic carbocycles. The SMILES string of the molecule is CCc1cccc(CNC[C@@H](O)[C@H](Cc2cc(F)cc(F)c2)NC(=O)CCC(=O)c2ccc(C)cc2)c1. The lowest BCUT2D eigenvalue weighted by molar-refractivity contribution is -0.122. The molecule has 3 aromatic rings. The lowest BCUT2D eigenvalue weighted by atomic mass is 9.99. The van der Waals surface area contributed by atoms with Crippen LogP contribution in [-0.2, 0) is 24.2 Å². The predicted molar refractivity (Wildman–Crippen MR) is 140 cm³/mol. The van der Waals surface area contributed by atoms with Crippen molar-refractivity contribution in [3.8, 4) is 0 Å². The molecule has 0 fully saturated rings. The molecule has 0 spiro atoms. The highest BCUT2D eigenvalue weighted by molar-refractivity contribution is 5.98. The Hall–Kier alpha value is -3.42. The van der Waals surface area contributed by atoms with Gasteiger partial charge in [-0.2, -0.15) is 0 Å². The van der Waals surface area contributed by atoms with E-state index in [1.807, 2.05) is 37.3 Å². The van der Waals surface area contributed by atoms with Crippen molar-refractivity contribution < 1.29 is 23.5 Å². The molecule has 0 aliphatic heterocycles. The predicted octanol–water partition coefficient (Wildman–Crippen LogP) is 4.68. The summed E-state index contributed by atoms with van der Waals surface area (Å²) in [5.74, 6) is -2.04. The summed E-state index contributed by atoms with van der Waals surface area (Å²) in [4.78, 5) is 25.1. The average molecular weight is 509 g/mol. The first kappa shape index (κ1) is 28.2. The molecule has 7 heteroatoms. The third-order valence-electron chi connectivity index (χ3n) is 6.22. The quantitative estimate of drug-likeness (QED) is 0.293. The van der Waals surface area contributed by atoms with Gasteiger partial charge < -0.3 is 15.7 Å². The molecule has 3 N–H and O–H groups in total. The fourth-order valence-corrected chi connectivity index (χ4v) is 4.12. The smallest absolute Gasteiger partial charge is 0.220 e. The molecule has 3 aromatic carbocycles. The van der Waals surface area contributed by atoms with Crippen molar-refractivity contribution in [1.29, 1.82) is 0 Å². The topological polar surface area (TPSA) is 78.4 Å². The average Bonchev–Trinajstić information content (AvgIpc) is 2.86. The first-order valence-corrected chi connectivity index (χ1v) is 12.5. The Morgan fingerprint density at radius 3 is 2.24 bits per heavy atom. The molecular weight excluding hydrogens is 474 g/mol. The molecule has 196 valence electrons. The Bertz CT molecular complexity index is 1180. The fraction of sp³-hybridized carbons (Fsp3) is 0.333. The highest BCUT2D eigenvalue weighted by atomic mass is 19.1. The van der Waals surface area contributed by atoms with Crippen LogP contribution in [0.4, 0.5) is 8.78 Å². The van der Waals surface area contributed by atoms with Gasteiger partial charge in [0, 0.05) is 37.6 Å². The Morgan fingerprint density at radius 1 is 0.892 bits per heavy atom. The number of aliphatic hydroxyl groups excluding tert-OH is 1. The second kappa shape index (κ2) is 13.8. The molecule has 0 saturated heterocycles. The van der Waals surface area contributed by atoms with E-state index in [4.69, 9.17) is 0 Å². The summed E-state index contributed by atoms with van der Waals surface area (Å²) in [5.41, 5.74) is 4.15. The molecule has 0 aromatic heterocycles. The van der Waals surface area contributed by atoms with Gasteiger partial charge in [-0.25, -0.2) is 8.78 Å². The molecule has 2 atom stereocenters. The highest BCUT2D eigenvalue weighted by Gasteiger charge is 2.23. The van der Waals surface area contributed by atoms with E-state index in [1.54, 1.807) is 12.1 Å². The Balaban J connectivity index is 1.62. The summed E-state index contributed by atoms with van der Waals surface area (Å²) in [7, 11) is 0. The Morgan fingerprint density at radius 2 is 1.57 bits per heavy atom. The Labute approximate surface area is 216 Å². The van der Waals surface area contributed by atoms with Crippen LogP contribution in [0.3, 0.4) is 0 Å². The largest absolute Gasteiger partial charge is 0.390 e.